The molecule has 104 valence electrons. The van der Waals surface area contributed by atoms with Gasteiger partial charge < -0.3 is 16.4 Å². The summed E-state index contributed by atoms with van der Waals surface area (Å²) in [5.41, 5.74) is 6.43. The van der Waals surface area contributed by atoms with Crippen molar-refractivity contribution in [2.24, 2.45) is 5.73 Å². The summed E-state index contributed by atoms with van der Waals surface area (Å²) in [6.07, 6.45) is 1.53. The standard InChI is InChI=1S/C15H17N3O2/c16-9-3-6-11-5-1-2-7-12(11)14(19)18-13-8-4-10-17-15(13)20/h1-2,5,7,13H,4,8-10,16H2,(H,17,20)(H,18,19). The number of carbonyl (C=O) groups excluding carboxylic acids is 2. The second kappa shape index (κ2) is 6.73. The van der Waals surface area contributed by atoms with Gasteiger partial charge in [0.05, 0.1) is 12.1 Å². The smallest absolute Gasteiger partial charge is 0.253 e. The van der Waals surface area contributed by atoms with Gasteiger partial charge in [-0.25, -0.2) is 0 Å². The van der Waals surface area contributed by atoms with Crippen molar-refractivity contribution in [3.63, 3.8) is 0 Å². The first-order chi connectivity index (χ1) is 9.72. The highest BCUT2D eigenvalue weighted by Gasteiger charge is 2.24. The third-order valence-electron chi connectivity index (χ3n) is 3.09. The molecular weight excluding hydrogens is 254 g/mol. The Hall–Kier alpha value is -2.32. The zero-order chi connectivity index (χ0) is 14.4. The number of hydrogen-bond donors (Lipinski definition) is 3. The largest absolute Gasteiger partial charge is 0.354 e. The first-order valence-electron chi connectivity index (χ1n) is 6.59. The summed E-state index contributed by atoms with van der Waals surface area (Å²) in [5, 5.41) is 5.49. The molecule has 0 saturated carbocycles. The van der Waals surface area contributed by atoms with E-state index < -0.39 is 6.04 Å². The second-order valence-corrected chi connectivity index (χ2v) is 4.51. The maximum absolute atomic E-state index is 12.3. The van der Waals surface area contributed by atoms with Crippen molar-refractivity contribution in [2.45, 2.75) is 18.9 Å². The van der Waals surface area contributed by atoms with Gasteiger partial charge in [0.15, 0.2) is 0 Å². The van der Waals surface area contributed by atoms with Crippen LogP contribution in [0.1, 0.15) is 28.8 Å². The second-order valence-electron chi connectivity index (χ2n) is 4.51. The molecule has 2 amide bonds. The van der Waals surface area contributed by atoms with E-state index in [4.69, 9.17) is 5.73 Å². The van der Waals surface area contributed by atoms with Crippen LogP contribution in [0.15, 0.2) is 24.3 Å². The summed E-state index contributed by atoms with van der Waals surface area (Å²) in [5.74, 6) is 5.18. The van der Waals surface area contributed by atoms with Crippen LogP contribution in [0.3, 0.4) is 0 Å². The highest BCUT2D eigenvalue weighted by molar-refractivity contribution is 5.99. The SMILES string of the molecule is NCC#Cc1ccccc1C(=O)NC1CCCNC1=O. The molecule has 4 N–H and O–H groups in total. The maximum Gasteiger partial charge on any atom is 0.253 e. The Labute approximate surface area is 117 Å². The van der Waals surface area contributed by atoms with Crippen LogP contribution in [0.25, 0.3) is 0 Å². The molecular formula is C15H17N3O2. The molecule has 1 atom stereocenters. The number of carbonyl (C=O) groups is 2. The lowest BCUT2D eigenvalue weighted by Crippen LogP contribution is -2.50. The van der Waals surface area contributed by atoms with Crippen LogP contribution in [0.5, 0.6) is 0 Å². The predicted molar refractivity (Wildman–Crippen MR) is 75.9 cm³/mol. The van der Waals surface area contributed by atoms with Gasteiger partial charge in [-0.05, 0) is 25.0 Å². The van der Waals surface area contributed by atoms with Crippen LogP contribution in [-0.4, -0.2) is 30.9 Å². The van der Waals surface area contributed by atoms with Crippen LogP contribution in [0.2, 0.25) is 0 Å². The summed E-state index contributed by atoms with van der Waals surface area (Å²) in [7, 11) is 0. The van der Waals surface area contributed by atoms with E-state index in [1.165, 1.54) is 0 Å². The molecule has 1 aromatic rings. The van der Waals surface area contributed by atoms with Crippen molar-refractivity contribution >= 4 is 11.8 Å². The van der Waals surface area contributed by atoms with Crippen molar-refractivity contribution in [1.82, 2.24) is 10.6 Å². The zero-order valence-corrected chi connectivity index (χ0v) is 11.1. The van der Waals surface area contributed by atoms with Gasteiger partial charge in [-0.2, -0.15) is 0 Å². The maximum atomic E-state index is 12.3. The summed E-state index contributed by atoms with van der Waals surface area (Å²) >= 11 is 0. The molecule has 1 saturated heterocycles. The Morgan fingerprint density at radius 1 is 1.45 bits per heavy atom. The Bertz CT molecular complexity index is 572. The van der Waals surface area contributed by atoms with Crippen LogP contribution in [0.4, 0.5) is 0 Å². The van der Waals surface area contributed by atoms with E-state index in [-0.39, 0.29) is 18.4 Å². The topological polar surface area (TPSA) is 84.2 Å². The molecule has 1 heterocycles. The van der Waals surface area contributed by atoms with Gasteiger partial charge in [-0.1, -0.05) is 24.0 Å². The van der Waals surface area contributed by atoms with Crippen molar-refractivity contribution in [2.75, 3.05) is 13.1 Å². The summed E-state index contributed by atoms with van der Waals surface area (Å²) in [6, 6.07) is 6.57. The Balaban J connectivity index is 2.14. The Morgan fingerprint density at radius 3 is 3.00 bits per heavy atom. The number of benzene rings is 1. The van der Waals surface area contributed by atoms with Gasteiger partial charge >= 0.3 is 0 Å². The van der Waals surface area contributed by atoms with E-state index in [0.717, 1.165) is 6.42 Å². The minimum absolute atomic E-state index is 0.130. The fourth-order valence-corrected chi connectivity index (χ4v) is 2.08. The van der Waals surface area contributed by atoms with E-state index in [2.05, 4.69) is 22.5 Å². The van der Waals surface area contributed by atoms with E-state index >= 15 is 0 Å². The third kappa shape index (κ3) is 3.37. The van der Waals surface area contributed by atoms with Gasteiger partial charge in [0, 0.05) is 12.1 Å². The number of rotatable bonds is 2. The predicted octanol–water partition coefficient (Wildman–Crippen LogP) is 0.00520. The highest BCUT2D eigenvalue weighted by atomic mass is 16.2. The van der Waals surface area contributed by atoms with Crippen LogP contribution in [0, 0.1) is 11.8 Å². The number of nitrogens with two attached hydrogens (primary N) is 1. The van der Waals surface area contributed by atoms with E-state index in [1.54, 1.807) is 18.2 Å². The van der Waals surface area contributed by atoms with Crippen molar-refractivity contribution in [3.05, 3.63) is 35.4 Å². The minimum atomic E-state index is -0.466. The fraction of sp³-hybridized carbons (Fsp3) is 0.333. The summed E-state index contributed by atoms with van der Waals surface area (Å²) in [4.78, 5) is 23.9. The van der Waals surface area contributed by atoms with Crippen molar-refractivity contribution < 1.29 is 9.59 Å². The quantitative estimate of drug-likeness (QED) is 0.662. The molecule has 1 unspecified atom stereocenters. The van der Waals surface area contributed by atoms with E-state index in [0.29, 0.717) is 24.1 Å². The van der Waals surface area contributed by atoms with Crippen LogP contribution in [-0.2, 0) is 4.79 Å². The van der Waals surface area contributed by atoms with Gasteiger partial charge in [0.2, 0.25) is 5.91 Å². The lowest BCUT2D eigenvalue weighted by molar-refractivity contribution is -0.124. The molecule has 0 aliphatic carbocycles. The minimum Gasteiger partial charge on any atom is -0.354 e. The van der Waals surface area contributed by atoms with Gasteiger partial charge in [0.25, 0.3) is 5.91 Å². The molecule has 5 heteroatoms. The van der Waals surface area contributed by atoms with Gasteiger partial charge in [-0.3, -0.25) is 9.59 Å². The Kier molecular flexibility index (Phi) is 4.75. The molecule has 0 bridgehead atoms. The molecule has 20 heavy (non-hydrogen) atoms. The number of nitrogens with one attached hydrogen (secondary N) is 2. The average molecular weight is 271 g/mol. The Morgan fingerprint density at radius 2 is 2.25 bits per heavy atom. The number of amides is 2. The van der Waals surface area contributed by atoms with E-state index in [1.807, 2.05) is 6.07 Å². The molecule has 2 rings (SSSR count). The number of hydrogen-bond acceptors (Lipinski definition) is 3. The molecule has 1 fully saturated rings. The first kappa shape index (κ1) is 14.1. The van der Waals surface area contributed by atoms with Gasteiger partial charge in [-0.15, -0.1) is 0 Å². The molecule has 0 aromatic heterocycles. The monoisotopic (exact) mass is 271 g/mol. The summed E-state index contributed by atoms with van der Waals surface area (Å²) in [6.45, 7) is 0.907. The van der Waals surface area contributed by atoms with Crippen molar-refractivity contribution in [3.8, 4) is 11.8 Å². The first-order valence-corrected chi connectivity index (χ1v) is 6.59. The molecule has 0 radical (unpaired) electrons. The van der Waals surface area contributed by atoms with Gasteiger partial charge in [0.1, 0.15) is 6.04 Å². The fourth-order valence-electron chi connectivity index (χ4n) is 2.08. The molecule has 0 spiro atoms. The lowest BCUT2D eigenvalue weighted by Gasteiger charge is -2.22. The molecule has 1 aliphatic heterocycles. The normalized spacial score (nSPS) is 17.6. The van der Waals surface area contributed by atoms with Crippen LogP contribution >= 0.6 is 0 Å². The van der Waals surface area contributed by atoms with Crippen LogP contribution < -0.4 is 16.4 Å². The number of piperidine rings is 1. The molecule has 5 nitrogen and oxygen atoms in total. The lowest BCUT2D eigenvalue weighted by atomic mass is 10.0. The molecule has 1 aliphatic rings. The molecule has 1 aromatic carbocycles. The summed E-state index contributed by atoms with van der Waals surface area (Å²) < 4.78 is 0. The average Bonchev–Trinajstić information content (AvgIpc) is 2.47. The third-order valence-corrected chi connectivity index (χ3v) is 3.09. The zero-order valence-electron chi connectivity index (χ0n) is 11.1. The van der Waals surface area contributed by atoms with Crippen molar-refractivity contribution in [1.29, 1.82) is 0 Å². The van der Waals surface area contributed by atoms with E-state index in [9.17, 15) is 9.59 Å². The highest BCUT2D eigenvalue weighted by Crippen LogP contribution is 2.09.